The standard InChI is InChI=1S/C22H21N5O3.C2H4O2/c23-21(24)16-9-11-18(12-10-16)26-20(17-7-4-8-19(13-17)27(29)30)22(28)25-14-15-5-2-1-3-6-15;1-2(3)4/h1-13,20,26H,14H2,(H3,23,24)(H,25,28);1H3,(H,3,4). The van der Waals surface area contributed by atoms with Gasteiger partial charge in [0.05, 0.1) is 4.92 Å². The molecule has 0 spiro atoms. The van der Waals surface area contributed by atoms with Crippen molar-refractivity contribution in [1.29, 1.82) is 5.41 Å². The van der Waals surface area contributed by atoms with Crippen molar-refractivity contribution in [2.24, 2.45) is 5.73 Å². The van der Waals surface area contributed by atoms with E-state index >= 15 is 0 Å². The minimum absolute atomic E-state index is 0.0580. The van der Waals surface area contributed by atoms with Gasteiger partial charge in [-0.15, -0.1) is 0 Å². The van der Waals surface area contributed by atoms with Gasteiger partial charge in [-0.3, -0.25) is 25.1 Å². The van der Waals surface area contributed by atoms with Gasteiger partial charge < -0.3 is 21.5 Å². The third-order valence-corrected chi connectivity index (χ3v) is 4.49. The Labute approximate surface area is 196 Å². The van der Waals surface area contributed by atoms with Gasteiger partial charge >= 0.3 is 0 Å². The van der Waals surface area contributed by atoms with Gasteiger partial charge in [-0.25, -0.2) is 0 Å². The molecule has 0 saturated heterocycles. The first-order valence-electron chi connectivity index (χ1n) is 10.1. The maximum Gasteiger partial charge on any atom is 0.300 e. The molecule has 6 N–H and O–H groups in total. The van der Waals surface area contributed by atoms with E-state index in [0.717, 1.165) is 12.5 Å². The first-order chi connectivity index (χ1) is 16.2. The second-order valence-electron chi connectivity index (χ2n) is 7.14. The molecule has 0 aliphatic heterocycles. The molecule has 0 aromatic heterocycles. The highest BCUT2D eigenvalue weighted by atomic mass is 16.6. The van der Waals surface area contributed by atoms with Crippen LogP contribution in [0.4, 0.5) is 11.4 Å². The van der Waals surface area contributed by atoms with Crippen molar-refractivity contribution in [3.8, 4) is 0 Å². The fourth-order valence-corrected chi connectivity index (χ4v) is 2.92. The number of aliphatic carboxylic acids is 1. The van der Waals surface area contributed by atoms with Crippen molar-refractivity contribution < 1.29 is 19.6 Å². The van der Waals surface area contributed by atoms with Gasteiger partial charge in [0.1, 0.15) is 11.9 Å². The number of nitrogens with one attached hydrogen (secondary N) is 3. The number of carbonyl (C=O) groups excluding carboxylic acids is 1. The summed E-state index contributed by atoms with van der Waals surface area (Å²) in [6, 6.07) is 21.3. The fourth-order valence-electron chi connectivity index (χ4n) is 2.92. The monoisotopic (exact) mass is 463 g/mol. The predicted molar refractivity (Wildman–Crippen MR) is 129 cm³/mol. The lowest BCUT2D eigenvalue weighted by atomic mass is 10.0. The number of hydrogen-bond donors (Lipinski definition) is 5. The molecule has 3 rings (SSSR count). The Morgan fingerprint density at radius 1 is 1.06 bits per heavy atom. The third-order valence-electron chi connectivity index (χ3n) is 4.49. The number of nitro groups is 1. The zero-order valence-corrected chi connectivity index (χ0v) is 18.4. The Morgan fingerprint density at radius 2 is 1.68 bits per heavy atom. The van der Waals surface area contributed by atoms with E-state index in [0.29, 0.717) is 23.4 Å². The lowest BCUT2D eigenvalue weighted by Gasteiger charge is -2.20. The van der Waals surface area contributed by atoms with Crippen LogP contribution in [0.2, 0.25) is 0 Å². The number of rotatable bonds is 8. The second-order valence-corrected chi connectivity index (χ2v) is 7.14. The van der Waals surface area contributed by atoms with Crippen LogP contribution < -0.4 is 16.4 Å². The van der Waals surface area contributed by atoms with Gasteiger partial charge in [-0.05, 0) is 35.4 Å². The van der Waals surface area contributed by atoms with Crippen LogP contribution in [0.5, 0.6) is 0 Å². The summed E-state index contributed by atoms with van der Waals surface area (Å²) < 4.78 is 0. The highest BCUT2D eigenvalue weighted by molar-refractivity contribution is 5.95. The first kappa shape index (κ1) is 25.5. The number of nitro benzene ring substituents is 1. The molecule has 10 heteroatoms. The maximum absolute atomic E-state index is 13.0. The van der Waals surface area contributed by atoms with E-state index in [4.69, 9.17) is 21.0 Å². The second kappa shape index (κ2) is 12.3. The number of nitrogens with zero attached hydrogens (tertiary/aromatic N) is 1. The van der Waals surface area contributed by atoms with Crippen molar-refractivity contribution in [2.45, 2.75) is 19.5 Å². The number of nitrogens with two attached hydrogens (primary N) is 1. The normalized spacial score (nSPS) is 10.7. The molecule has 0 fully saturated rings. The van der Waals surface area contributed by atoms with Crippen molar-refractivity contribution >= 4 is 29.1 Å². The zero-order valence-electron chi connectivity index (χ0n) is 18.4. The molecule has 0 aliphatic rings. The molecule has 1 amide bonds. The molecule has 1 atom stereocenters. The van der Waals surface area contributed by atoms with Crippen LogP contribution in [0.1, 0.15) is 29.7 Å². The molecule has 1 unspecified atom stereocenters. The Balaban J connectivity index is 0.000000945. The van der Waals surface area contributed by atoms with Crippen LogP contribution in [0.25, 0.3) is 0 Å². The topological polar surface area (TPSA) is 171 Å². The van der Waals surface area contributed by atoms with Crippen molar-refractivity contribution in [2.75, 3.05) is 5.32 Å². The van der Waals surface area contributed by atoms with Gasteiger partial charge in [0, 0.05) is 36.9 Å². The molecule has 176 valence electrons. The van der Waals surface area contributed by atoms with Crippen LogP contribution in [-0.2, 0) is 16.1 Å². The molecule has 0 heterocycles. The minimum Gasteiger partial charge on any atom is -0.481 e. The average molecular weight is 463 g/mol. The first-order valence-corrected chi connectivity index (χ1v) is 10.1. The summed E-state index contributed by atoms with van der Waals surface area (Å²) >= 11 is 0. The van der Waals surface area contributed by atoms with Crippen molar-refractivity contribution in [3.05, 3.63) is 106 Å². The summed E-state index contributed by atoms with van der Waals surface area (Å²) in [5.41, 5.74) is 7.96. The molecule has 0 radical (unpaired) electrons. The molecule has 34 heavy (non-hydrogen) atoms. The van der Waals surface area contributed by atoms with Gasteiger partial charge in [-0.2, -0.15) is 0 Å². The van der Waals surface area contributed by atoms with E-state index in [-0.39, 0.29) is 17.4 Å². The lowest BCUT2D eigenvalue weighted by Crippen LogP contribution is -2.33. The van der Waals surface area contributed by atoms with Crippen LogP contribution in [0, 0.1) is 15.5 Å². The van der Waals surface area contributed by atoms with Crippen LogP contribution in [-0.4, -0.2) is 27.7 Å². The van der Waals surface area contributed by atoms with Gasteiger partial charge in [-0.1, -0.05) is 42.5 Å². The number of carboxylic acid groups (broad SMARTS) is 1. The number of benzene rings is 3. The Hall–Kier alpha value is -4.73. The molecule has 3 aromatic rings. The number of hydrogen-bond acceptors (Lipinski definition) is 6. The minimum atomic E-state index is -0.850. The number of carbonyl (C=O) groups is 2. The van der Waals surface area contributed by atoms with Crippen molar-refractivity contribution in [1.82, 2.24) is 5.32 Å². The third kappa shape index (κ3) is 8.08. The van der Waals surface area contributed by atoms with Crippen LogP contribution >= 0.6 is 0 Å². The molecule has 0 saturated carbocycles. The SMILES string of the molecule is CC(=O)O.N=C(N)c1ccc(NC(C(=O)NCc2ccccc2)c2cccc([N+](=O)[O-])c2)cc1. The van der Waals surface area contributed by atoms with E-state index < -0.39 is 16.9 Å². The van der Waals surface area contributed by atoms with E-state index in [1.165, 1.54) is 12.1 Å². The van der Waals surface area contributed by atoms with Crippen molar-refractivity contribution in [3.63, 3.8) is 0 Å². The highest BCUT2D eigenvalue weighted by Crippen LogP contribution is 2.24. The van der Waals surface area contributed by atoms with E-state index in [1.54, 1.807) is 36.4 Å². The molecule has 10 nitrogen and oxygen atoms in total. The van der Waals surface area contributed by atoms with Gasteiger partial charge in [0.25, 0.3) is 11.7 Å². The number of nitrogen functional groups attached to an aromatic ring is 1. The molecular formula is C24H25N5O5. The summed E-state index contributed by atoms with van der Waals surface area (Å²) in [6.45, 7) is 1.41. The summed E-state index contributed by atoms with van der Waals surface area (Å²) in [5, 5.41) is 32.1. The summed E-state index contributed by atoms with van der Waals surface area (Å²) in [4.78, 5) is 32.7. The van der Waals surface area contributed by atoms with Crippen LogP contribution in [0.3, 0.4) is 0 Å². The summed E-state index contributed by atoms with van der Waals surface area (Å²) in [7, 11) is 0. The number of carboxylic acids is 1. The summed E-state index contributed by atoms with van der Waals surface area (Å²) in [6.07, 6.45) is 0. The number of amides is 1. The number of non-ortho nitro benzene ring substituents is 1. The van der Waals surface area contributed by atoms with Gasteiger partial charge in [0.15, 0.2) is 0 Å². The predicted octanol–water partition coefficient (Wildman–Crippen LogP) is 3.44. The average Bonchev–Trinajstić information content (AvgIpc) is 2.81. The Bertz CT molecular complexity index is 1150. The largest absolute Gasteiger partial charge is 0.481 e. The quantitative estimate of drug-likeness (QED) is 0.147. The maximum atomic E-state index is 13.0. The fraction of sp³-hybridized carbons (Fsp3) is 0.125. The molecule has 0 aliphatic carbocycles. The highest BCUT2D eigenvalue weighted by Gasteiger charge is 2.22. The smallest absolute Gasteiger partial charge is 0.300 e. The molecule has 3 aromatic carbocycles. The molecular weight excluding hydrogens is 438 g/mol. The Morgan fingerprint density at radius 3 is 2.24 bits per heavy atom. The van der Waals surface area contributed by atoms with Gasteiger partial charge in [0.2, 0.25) is 5.91 Å². The number of anilines is 1. The molecule has 0 bridgehead atoms. The van der Waals surface area contributed by atoms with Crippen LogP contribution in [0.15, 0.2) is 78.9 Å². The Kier molecular flexibility index (Phi) is 9.27. The van der Waals surface area contributed by atoms with E-state index in [2.05, 4.69) is 10.6 Å². The van der Waals surface area contributed by atoms with E-state index in [1.807, 2.05) is 30.3 Å². The number of amidine groups is 1. The lowest BCUT2D eigenvalue weighted by molar-refractivity contribution is -0.384. The van der Waals surface area contributed by atoms with E-state index in [9.17, 15) is 14.9 Å². The zero-order chi connectivity index (χ0) is 25.1. The summed E-state index contributed by atoms with van der Waals surface area (Å²) in [5.74, 6) is -1.22.